The van der Waals surface area contributed by atoms with E-state index in [1.165, 1.54) is 5.56 Å². The number of nitrogens with one attached hydrogen (secondary N) is 1. The van der Waals surface area contributed by atoms with E-state index in [-0.39, 0.29) is 5.41 Å². The Hall–Kier alpha value is -1.62. The molecule has 0 atom stereocenters. The van der Waals surface area contributed by atoms with Crippen LogP contribution in [0.15, 0.2) is 22.9 Å². The summed E-state index contributed by atoms with van der Waals surface area (Å²) in [4.78, 5) is 8.82. The highest BCUT2D eigenvalue weighted by Gasteiger charge is 2.18. The zero-order chi connectivity index (χ0) is 13.9. The van der Waals surface area contributed by atoms with Crippen molar-refractivity contribution >= 4 is 23.0 Å². The first-order valence-electron chi connectivity index (χ1n) is 6.35. The monoisotopic (exact) mass is 276 g/mol. The summed E-state index contributed by atoms with van der Waals surface area (Å²) in [5, 5.41) is 7.57. The van der Waals surface area contributed by atoms with Crippen molar-refractivity contribution in [3.05, 3.63) is 34.3 Å². The molecule has 2 aromatic heterocycles. The lowest BCUT2D eigenvalue weighted by Crippen LogP contribution is -2.18. The van der Waals surface area contributed by atoms with Crippen molar-refractivity contribution < 1.29 is 0 Å². The van der Waals surface area contributed by atoms with Gasteiger partial charge in [0.05, 0.1) is 0 Å². The summed E-state index contributed by atoms with van der Waals surface area (Å²) in [6, 6.07) is 3.92. The topological polar surface area (TPSA) is 63.8 Å². The average Bonchev–Trinajstić information content (AvgIpc) is 2.80. The van der Waals surface area contributed by atoms with Gasteiger partial charge in [0, 0.05) is 18.0 Å². The van der Waals surface area contributed by atoms with Crippen LogP contribution in [0.3, 0.4) is 0 Å². The summed E-state index contributed by atoms with van der Waals surface area (Å²) in [7, 11) is 0. The van der Waals surface area contributed by atoms with E-state index >= 15 is 0 Å². The van der Waals surface area contributed by atoms with Gasteiger partial charge in [-0.3, -0.25) is 0 Å². The van der Waals surface area contributed by atoms with Crippen LogP contribution in [0.1, 0.15) is 32.2 Å². The van der Waals surface area contributed by atoms with E-state index in [0.717, 1.165) is 24.6 Å². The van der Waals surface area contributed by atoms with Crippen LogP contribution in [-0.4, -0.2) is 16.5 Å². The van der Waals surface area contributed by atoms with E-state index in [4.69, 9.17) is 5.73 Å². The van der Waals surface area contributed by atoms with E-state index in [0.29, 0.717) is 5.82 Å². The summed E-state index contributed by atoms with van der Waals surface area (Å²) in [5.41, 5.74) is 7.08. The minimum atomic E-state index is -0.0980. The Morgan fingerprint density at radius 1 is 1.32 bits per heavy atom. The van der Waals surface area contributed by atoms with Crippen LogP contribution in [-0.2, 0) is 11.8 Å². The molecule has 0 amide bonds. The van der Waals surface area contributed by atoms with Gasteiger partial charge in [0.1, 0.15) is 17.5 Å². The van der Waals surface area contributed by atoms with Gasteiger partial charge in [-0.1, -0.05) is 20.8 Å². The maximum absolute atomic E-state index is 5.83. The van der Waals surface area contributed by atoms with E-state index < -0.39 is 0 Å². The van der Waals surface area contributed by atoms with Gasteiger partial charge in [0.25, 0.3) is 0 Å². The minimum Gasteiger partial charge on any atom is -0.384 e. The summed E-state index contributed by atoms with van der Waals surface area (Å²) in [5.74, 6) is 2.08. The molecule has 0 fully saturated rings. The fourth-order valence-electron chi connectivity index (χ4n) is 1.66. The van der Waals surface area contributed by atoms with Crippen LogP contribution in [0.2, 0.25) is 0 Å². The fraction of sp³-hybridized carbons (Fsp3) is 0.429. The van der Waals surface area contributed by atoms with E-state index in [9.17, 15) is 0 Å². The van der Waals surface area contributed by atoms with Crippen molar-refractivity contribution in [1.29, 1.82) is 0 Å². The first-order valence-corrected chi connectivity index (χ1v) is 7.29. The van der Waals surface area contributed by atoms with Crippen molar-refractivity contribution in [3.63, 3.8) is 0 Å². The number of nitrogens with two attached hydrogens (primary N) is 1. The second kappa shape index (κ2) is 5.57. The molecule has 2 heterocycles. The molecule has 0 aliphatic rings. The van der Waals surface area contributed by atoms with Crippen molar-refractivity contribution in [1.82, 2.24) is 9.97 Å². The van der Waals surface area contributed by atoms with Gasteiger partial charge >= 0.3 is 0 Å². The average molecular weight is 276 g/mol. The molecule has 4 nitrogen and oxygen atoms in total. The molecule has 102 valence electrons. The predicted molar refractivity (Wildman–Crippen MR) is 81.7 cm³/mol. The summed E-state index contributed by atoms with van der Waals surface area (Å²) < 4.78 is 0. The summed E-state index contributed by atoms with van der Waals surface area (Å²) in [6.07, 6.45) is 0.984. The maximum atomic E-state index is 5.83. The van der Waals surface area contributed by atoms with Gasteiger partial charge in [-0.25, -0.2) is 9.97 Å². The van der Waals surface area contributed by atoms with Crippen LogP contribution in [0.4, 0.5) is 11.6 Å². The molecule has 3 N–H and O–H groups in total. The highest BCUT2D eigenvalue weighted by Crippen LogP contribution is 2.21. The van der Waals surface area contributed by atoms with Gasteiger partial charge in [-0.05, 0) is 28.8 Å². The molecule has 0 bridgehead atoms. The third-order valence-corrected chi connectivity index (χ3v) is 3.45. The highest BCUT2D eigenvalue weighted by atomic mass is 32.1. The van der Waals surface area contributed by atoms with Crippen LogP contribution in [0.25, 0.3) is 0 Å². The quantitative estimate of drug-likeness (QED) is 0.900. The van der Waals surface area contributed by atoms with Crippen molar-refractivity contribution in [2.75, 3.05) is 17.6 Å². The van der Waals surface area contributed by atoms with Crippen molar-refractivity contribution in [2.45, 2.75) is 32.6 Å². The van der Waals surface area contributed by atoms with Crippen LogP contribution in [0, 0.1) is 0 Å². The molecule has 0 spiro atoms. The van der Waals surface area contributed by atoms with Gasteiger partial charge in [0.2, 0.25) is 0 Å². The predicted octanol–water partition coefficient (Wildman–Crippen LogP) is 3.07. The van der Waals surface area contributed by atoms with E-state index in [1.54, 1.807) is 17.4 Å². The Kier molecular flexibility index (Phi) is 4.04. The van der Waals surface area contributed by atoms with Gasteiger partial charge in [-0.2, -0.15) is 11.3 Å². The van der Waals surface area contributed by atoms with Gasteiger partial charge in [0.15, 0.2) is 0 Å². The molecule has 0 radical (unpaired) electrons. The van der Waals surface area contributed by atoms with Crippen LogP contribution in [0.5, 0.6) is 0 Å². The van der Waals surface area contributed by atoms with Crippen molar-refractivity contribution in [2.24, 2.45) is 0 Å². The minimum absolute atomic E-state index is 0.0980. The number of hydrogen-bond donors (Lipinski definition) is 2. The molecule has 2 rings (SSSR count). The molecule has 5 heteroatoms. The SMILES string of the molecule is CC(C)(C)c1nc(N)cc(NCCc2ccsc2)n1. The molecule has 0 aliphatic heterocycles. The third-order valence-electron chi connectivity index (χ3n) is 2.72. The molecular formula is C14H20N4S. The molecule has 2 aromatic rings. The largest absolute Gasteiger partial charge is 0.384 e. The summed E-state index contributed by atoms with van der Waals surface area (Å²) >= 11 is 1.72. The Balaban J connectivity index is 2.02. The van der Waals surface area contributed by atoms with Crippen LogP contribution >= 0.6 is 11.3 Å². The normalized spacial score (nSPS) is 11.5. The van der Waals surface area contributed by atoms with Crippen LogP contribution < -0.4 is 11.1 Å². The molecule has 0 unspecified atom stereocenters. The number of thiophene rings is 1. The number of nitrogens with zero attached hydrogens (tertiary/aromatic N) is 2. The molecule has 0 aliphatic carbocycles. The smallest absolute Gasteiger partial charge is 0.138 e. The molecule has 0 saturated carbocycles. The number of rotatable bonds is 4. The Labute approximate surface area is 118 Å². The standard InChI is InChI=1S/C14H20N4S/c1-14(2,3)13-17-11(15)8-12(18-13)16-6-4-10-5-7-19-9-10/h5,7-9H,4,6H2,1-3H3,(H3,15,16,17,18). The Morgan fingerprint density at radius 2 is 2.11 bits per heavy atom. The molecule has 0 aromatic carbocycles. The summed E-state index contributed by atoms with van der Waals surface area (Å²) in [6.45, 7) is 7.08. The van der Waals surface area contributed by atoms with Gasteiger partial charge in [-0.15, -0.1) is 0 Å². The third kappa shape index (κ3) is 3.92. The zero-order valence-corrected chi connectivity index (χ0v) is 12.4. The lowest BCUT2D eigenvalue weighted by Gasteiger charge is -2.18. The first kappa shape index (κ1) is 13.8. The fourth-order valence-corrected chi connectivity index (χ4v) is 2.36. The molecule has 0 saturated heterocycles. The number of hydrogen-bond acceptors (Lipinski definition) is 5. The second-order valence-corrected chi connectivity index (χ2v) is 6.34. The number of nitrogen functional groups attached to an aromatic ring is 1. The van der Waals surface area contributed by atoms with Gasteiger partial charge < -0.3 is 11.1 Å². The number of anilines is 2. The lowest BCUT2D eigenvalue weighted by atomic mass is 9.96. The van der Waals surface area contributed by atoms with E-state index in [2.05, 4.69) is 52.9 Å². The molecular weight excluding hydrogens is 256 g/mol. The maximum Gasteiger partial charge on any atom is 0.138 e. The first-order chi connectivity index (χ1) is 8.95. The highest BCUT2D eigenvalue weighted by molar-refractivity contribution is 7.07. The second-order valence-electron chi connectivity index (χ2n) is 5.56. The molecule has 19 heavy (non-hydrogen) atoms. The number of aromatic nitrogens is 2. The Morgan fingerprint density at radius 3 is 2.74 bits per heavy atom. The van der Waals surface area contributed by atoms with Crippen molar-refractivity contribution in [3.8, 4) is 0 Å². The lowest BCUT2D eigenvalue weighted by molar-refractivity contribution is 0.547. The Bertz CT molecular complexity index is 529. The zero-order valence-electron chi connectivity index (χ0n) is 11.6. The van der Waals surface area contributed by atoms with E-state index in [1.807, 2.05) is 0 Å².